The predicted molar refractivity (Wildman–Crippen MR) is 78.2 cm³/mol. The van der Waals surface area contributed by atoms with Crippen molar-refractivity contribution in [3.05, 3.63) is 34.1 Å². The van der Waals surface area contributed by atoms with Crippen molar-refractivity contribution in [2.75, 3.05) is 19.8 Å². The summed E-state index contributed by atoms with van der Waals surface area (Å²) in [5.41, 5.74) is 0.324. The van der Waals surface area contributed by atoms with Crippen LogP contribution in [0.3, 0.4) is 0 Å². The van der Waals surface area contributed by atoms with Crippen LogP contribution in [0.5, 0.6) is 0 Å². The molecule has 0 spiro atoms. The lowest BCUT2D eigenvalue weighted by atomic mass is 9.84. The molecule has 1 N–H and O–H groups in total. The summed E-state index contributed by atoms with van der Waals surface area (Å²) in [5, 5.41) is 10.6. The summed E-state index contributed by atoms with van der Waals surface area (Å²) in [4.78, 5) is 0. The van der Waals surface area contributed by atoms with Gasteiger partial charge in [0.15, 0.2) is 0 Å². The van der Waals surface area contributed by atoms with Gasteiger partial charge in [-0.1, -0.05) is 22.0 Å². The minimum Gasteiger partial charge on any atom is -0.390 e. The van der Waals surface area contributed by atoms with Crippen LogP contribution >= 0.6 is 15.9 Å². The number of ether oxygens (including phenoxy) is 2. The zero-order valence-electron chi connectivity index (χ0n) is 11.6. The Kier molecular flexibility index (Phi) is 5.55. The molecule has 112 valence electrons. The number of hydrogen-bond donors (Lipinski definition) is 1. The van der Waals surface area contributed by atoms with Crippen LogP contribution in [0.4, 0.5) is 4.39 Å². The summed E-state index contributed by atoms with van der Waals surface area (Å²) < 4.78 is 25.0. The summed E-state index contributed by atoms with van der Waals surface area (Å²) in [5.74, 6) is -0.291. The summed E-state index contributed by atoms with van der Waals surface area (Å²) >= 11 is 3.34. The Labute approximate surface area is 127 Å². The van der Waals surface area contributed by atoms with E-state index in [0.29, 0.717) is 43.6 Å². The number of rotatable bonds is 5. The van der Waals surface area contributed by atoms with Crippen molar-refractivity contribution >= 4 is 15.9 Å². The molecule has 5 heteroatoms. The van der Waals surface area contributed by atoms with E-state index in [9.17, 15) is 9.50 Å². The lowest BCUT2D eigenvalue weighted by Gasteiger charge is -2.40. The monoisotopic (exact) mass is 346 g/mol. The largest absolute Gasteiger partial charge is 0.390 e. The lowest BCUT2D eigenvalue weighted by Crippen LogP contribution is -2.50. The fourth-order valence-electron chi connectivity index (χ4n) is 2.66. The van der Waals surface area contributed by atoms with Crippen molar-refractivity contribution < 1.29 is 19.0 Å². The number of halogens is 2. The van der Waals surface area contributed by atoms with Gasteiger partial charge < -0.3 is 14.6 Å². The minimum absolute atomic E-state index is 0.291. The summed E-state index contributed by atoms with van der Waals surface area (Å²) in [6.45, 7) is 3.68. The van der Waals surface area contributed by atoms with E-state index in [1.807, 2.05) is 6.92 Å². The normalized spacial score (nSPS) is 19.8. The molecule has 1 aromatic rings. The van der Waals surface area contributed by atoms with Crippen LogP contribution in [0.15, 0.2) is 22.7 Å². The number of aliphatic hydroxyl groups excluding tert-OH is 1. The van der Waals surface area contributed by atoms with Gasteiger partial charge in [0.25, 0.3) is 0 Å². The van der Waals surface area contributed by atoms with Gasteiger partial charge in [0.05, 0.1) is 11.7 Å². The molecule has 1 aliphatic rings. The lowest BCUT2D eigenvalue weighted by molar-refractivity contribution is -0.165. The van der Waals surface area contributed by atoms with E-state index in [4.69, 9.17) is 9.47 Å². The zero-order valence-corrected chi connectivity index (χ0v) is 13.2. The highest BCUT2D eigenvalue weighted by Gasteiger charge is 2.40. The molecule has 0 aliphatic carbocycles. The number of hydrogen-bond acceptors (Lipinski definition) is 3. The second-order valence-electron chi connectivity index (χ2n) is 5.07. The van der Waals surface area contributed by atoms with Gasteiger partial charge in [0.1, 0.15) is 5.82 Å². The van der Waals surface area contributed by atoms with Crippen LogP contribution in [0.2, 0.25) is 0 Å². The Morgan fingerprint density at radius 1 is 1.45 bits per heavy atom. The van der Waals surface area contributed by atoms with Crippen molar-refractivity contribution in [1.29, 1.82) is 0 Å². The molecule has 1 saturated heterocycles. The van der Waals surface area contributed by atoms with Crippen molar-refractivity contribution in [2.45, 2.75) is 37.9 Å². The molecule has 0 bridgehead atoms. The number of benzene rings is 1. The van der Waals surface area contributed by atoms with E-state index < -0.39 is 11.7 Å². The van der Waals surface area contributed by atoms with Crippen molar-refractivity contribution in [1.82, 2.24) is 0 Å². The van der Waals surface area contributed by atoms with Crippen molar-refractivity contribution in [3.63, 3.8) is 0 Å². The molecule has 1 aromatic carbocycles. The SMILES string of the molecule is CCOC1(C(O)Cc2ccc(F)cc2Br)CCOCC1. The van der Waals surface area contributed by atoms with Crippen molar-refractivity contribution in [2.24, 2.45) is 0 Å². The molecule has 1 atom stereocenters. The van der Waals surface area contributed by atoms with Crippen LogP contribution in [0, 0.1) is 5.82 Å². The van der Waals surface area contributed by atoms with E-state index >= 15 is 0 Å². The topological polar surface area (TPSA) is 38.7 Å². The van der Waals surface area contributed by atoms with Crippen LogP contribution in [0.1, 0.15) is 25.3 Å². The Balaban J connectivity index is 2.13. The average Bonchev–Trinajstić information content (AvgIpc) is 2.43. The highest BCUT2D eigenvalue weighted by Crippen LogP contribution is 2.32. The molecule has 1 heterocycles. The van der Waals surface area contributed by atoms with Crippen LogP contribution in [-0.4, -0.2) is 36.6 Å². The van der Waals surface area contributed by atoms with Crippen LogP contribution < -0.4 is 0 Å². The molecule has 3 nitrogen and oxygen atoms in total. The van der Waals surface area contributed by atoms with Gasteiger partial charge in [-0.3, -0.25) is 0 Å². The highest BCUT2D eigenvalue weighted by atomic mass is 79.9. The smallest absolute Gasteiger partial charge is 0.124 e. The maximum Gasteiger partial charge on any atom is 0.124 e. The standard InChI is InChI=1S/C15H20BrFO3/c1-2-20-15(5-7-19-8-6-15)14(18)9-11-3-4-12(17)10-13(11)16/h3-4,10,14,18H,2,5-9H2,1H3. The maximum absolute atomic E-state index is 13.1. The third-order valence-corrected chi connectivity index (χ3v) is 4.54. The molecular formula is C15H20BrFO3. The molecular weight excluding hydrogens is 327 g/mol. The fourth-order valence-corrected chi connectivity index (χ4v) is 3.17. The second kappa shape index (κ2) is 6.98. The van der Waals surface area contributed by atoms with E-state index in [0.717, 1.165) is 5.56 Å². The third kappa shape index (κ3) is 3.58. The molecule has 1 fully saturated rings. The van der Waals surface area contributed by atoms with Gasteiger partial charge in [-0.25, -0.2) is 4.39 Å². The first-order valence-corrected chi connectivity index (χ1v) is 7.70. The quantitative estimate of drug-likeness (QED) is 0.890. The van der Waals surface area contributed by atoms with Gasteiger partial charge in [-0.15, -0.1) is 0 Å². The molecule has 0 saturated carbocycles. The molecule has 0 radical (unpaired) electrons. The van der Waals surface area contributed by atoms with E-state index in [-0.39, 0.29) is 5.82 Å². The molecule has 1 unspecified atom stereocenters. The first-order chi connectivity index (χ1) is 9.57. The van der Waals surface area contributed by atoms with Crippen LogP contribution in [0.25, 0.3) is 0 Å². The van der Waals surface area contributed by atoms with Crippen molar-refractivity contribution in [3.8, 4) is 0 Å². The second-order valence-corrected chi connectivity index (χ2v) is 5.92. The minimum atomic E-state index is -0.631. The Bertz CT molecular complexity index is 441. The van der Waals surface area contributed by atoms with Gasteiger partial charge >= 0.3 is 0 Å². The predicted octanol–water partition coefficient (Wildman–Crippen LogP) is 3.08. The van der Waals surface area contributed by atoms with Gasteiger partial charge in [0, 0.05) is 43.6 Å². The average molecular weight is 347 g/mol. The van der Waals surface area contributed by atoms with Gasteiger partial charge in [-0.2, -0.15) is 0 Å². The van der Waals surface area contributed by atoms with Crippen LogP contribution in [-0.2, 0) is 15.9 Å². The van der Waals surface area contributed by atoms with Gasteiger partial charge in [0.2, 0.25) is 0 Å². The van der Waals surface area contributed by atoms with E-state index in [2.05, 4.69) is 15.9 Å². The third-order valence-electron chi connectivity index (χ3n) is 3.81. The van der Waals surface area contributed by atoms with Gasteiger partial charge in [-0.05, 0) is 24.6 Å². The first kappa shape index (κ1) is 15.9. The molecule has 0 amide bonds. The fraction of sp³-hybridized carbons (Fsp3) is 0.600. The highest BCUT2D eigenvalue weighted by molar-refractivity contribution is 9.10. The zero-order chi connectivity index (χ0) is 14.6. The maximum atomic E-state index is 13.1. The van der Waals surface area contributed by atoms with E-state index in [1.165, 1.54) is 12.1 Å². The summed E-state index contributed by atoms with van der Waals surface area (Å²) in [6, 6.07) is 4.52. The summed E-state index contributed by atoms with van der Waals surface area (Å²) in [7, 11) is 0. The number of aliphatic hydroxyl groups is 1. The Morgan fingerprint density at radius 2 is 2.15 bits per heavy atom. The molecule has 2 rings (SSSR count). The van der Waals surface area contributed by atoms with E-state index in [1.54, 1.807) is 6.07 Å². The Hall–Kier alpha value is -0.490. The molecule has 20 heavy (non-hydrogen) atoms. The molecule has 0 aromatic heterocycles. The molecule has 1 aliphatic heterocycles. The Morgan fingerprint density at radius 3 is 2.75 bits per heavy atom. The first-order valence-electron chi connectivity index (χ1n) is 6.91. The summed E-state index contributed by atoms with van der Waals surface area (Å²) in [6.07, 6.45) is 1.16.